The largest absolute Gasteiger partial charge is 0.346 e. The second kappa shape index (κ2) is 17.9. The first-order valence-electron chi connectivity index (χ1n) is 24.9. The quantitative estimate of drug-likeness (QED) is 0.173. The van der Waals surface area contributed by atoms with Crippen molar-refractivity contribution < 1.29 is 0 Å². The summed E-state index contributed by atoms with van der Waals surface area (Å²) in [6.07, 6.45) is 2.26. The zero-order chi connectivity index (χ0) is 49.5. The Bertz CT molecular complexity index is 3710. The lowest BCUT2D eigenvalue weighted by atomic mass is 10.0. The maximum absolute atomic E-state index is 4.70. The molecule has 8 heterocycles. The van der Waals surface area contributed by atoms with Crippen LogP contribution in [-0.4, -0.2) is 41.0 Å². The van der Waals surface area contributed by atoms with Crippen molar-refractivity contribution in [2.45, 2.75) is 107 Å². The molecule has 0 saturated carbocycles. The van der Waals surface area contributed by atoms with Crippen LogP contribution in [0.4, 0.5) is 0 Å². The molecule has 0 bridgehead atoms. The highest BCUT2D eigenvalue weighted by atomic mass is 15.2. The molecule has 0 aliphatic rings. The molecule has 8 aromatic heterocycles. The van der Waals surface area contributed by atoms with E-state index in [0.29, 0.717) is 23.7 Å². The van der Waals surface area contributed by atoms with Crippen molar-refractivity contribution in [3.05, 3.63) is 155 Å². The van der Waals surface area contributed by atoms with Crippen LogP contribution >= 0.6 is 0 Å². The normalized spacial score (nSPS) is 12.1. The minimum atomic E-state index is 0.497. The molecule has 9 nitrogen and oxygen atoms in total. The van der Waals surface area contributed by atoms with Gasteiger partial charge in [0.25, 0.3) is 0 Å². The Balaban J connectivity index is 0.000000115. The van der Waals surface area contributed by atoms with E-state index in [2.05, 4.69) is 258 Å². The van der Waals surface area contributed by atoms with Gasteiger partial charge >= 0.3 is 0 Å². The van der Waals surface area contributed by atoms with Gasteiger partial charge in [-0.25, -0.2) is 4.98 Å². The number of aryl methyl sites for hydroxylation is 5. The van der Waals surface area contributed by atoms with Crippen molar-refractivity contribution in [2.75, 3.05) is 0 Å². The van der Waals surface area contributed by atoms with Crippen LogP contribution in [0.25, 0.3) is 71.7 Å². The van der Waals surface area contributed by atoms with Gasteiger partial charge in [-0.3, -0.25) is 8.80 Å². The van der Waals surface area contributed by atoms with Gasteiger partial charge in [0.05, 0.1) is 33.1 Å². The van der Waals surface area contributed by atoms with E-state index in [-0.39, 0.29) is 0 Å². The zero-order valence-corrected chi connectivity index (χ0v) is 44.2. The van der Waals surface area contributed by atoms with Crippen molar-refractivity contribution in [1.29, 1.82) is 0 Å². The number of benzene rings is 4. The molecule has 12 aromatic rings. The molecule has 12 rings (SSSR count). The van der Waals surface area contributed by atoms with Gasteiger partial charge in [-0.1, -0.05) is 128 Å². The maximum Gasteiger partial charge on any atom is 0.215 e. The summed E-state index contributed by atoms with van der Waals surface area (Å²) in [7, 11) is 10.7. The molecule has 0 atom stereocenters. The van der Waals surface area contributed by atoms with Gasteiger partial charge in [0.1, 0.15) is 11.3 Å². The molecule has 0 aliphatic carbocycles. The van der Waals surface area contributed by atoms with Crippen LogP contribution in [0.5, 0.6) is 0 Å². The van der Waals surface area contributed by atoms with E-state index in [4.69, 9.17) is 4.98 Å². The molecule has 4 aromatic carbocycles. The molecule has 358 valence electrons. The highest BCUT2D eigenvalue weighted by molar-refractivity contribution is 6.08. The van der Waals surface area contributed by atoms with E-state index in [1.807, 2.05) is 6.07 Å². The molecular formula is C60H73N9. The molecule has 0 saturated heterocycles. The van der Waals surface area contributed by atoms with Gasteiger partial charge < -0.3 is 27.2 Å². The highest BCUT2D eigenvalue weighted by Crippen LogP contribution is 2.37. The van der Waals surface area contributed by atoms with Crippen LogP contribution in [0, 0.1) is 27.7 Å². The molecule has 9 heteroatoms. The van der Waals surface area contributed by atoms with E-state index >= 15 is 0 Å². The topological polar surface area (TPSA) is 50.8 Å². The predicted molar refractivity (Wildman–Crippen MR) is 294 cm³/mol. The number of aromatic nitrogens is 9. The summed E-state index contributed by atoms with van der Waals surface area (Å²) in [5, 5.41) is 5.33. The molecule has 0 amide bonds. The fraction of sp³-hybridized carbons (Fsp3) is 0.350. The summed E-state index contributed by atoms with van der Waals surface area (Å²) < 4.78 is 18.5. The Kier molecular flexibility index (Phi) is 12.2. The molecule has 69 heavy (non-hydrogen) atoms. The molecule has 0 radical (unpaired) electrons. The maximum atomic E-state index is 4.70. The van der Waals surface area contributed by atoms with Crippen molar-refractivity contribution in [1.82, 2.24) is 41.0 Å². The number of imidazole rings is 4. The van der Waals surface area contributed by atoms with Crippen molar-refractivity contribution in [3.8, 4) is 0 Å². The molecule has 0 N–H and O–H groups in total. The zero-order valence-electron chi connectivity index (χ0n) is 44.2. The van der Waals surface area contributed by atoms with E-state index in [1.54, 1.807) is 0 Å². The second-order valence-electron chi connectivity index (χ2n) is 20.6. The van der Waals surface area contributed by atoms with E-state index in [0.717, 1.165) is 11.3 Å². The van der Waals surface area contributed by atoms with Gasteiger partial charge in [-0.05, 0) is 87.3 Å². The fourth-order valence-corrected chi connectivity index (χ4v) is 11.6. The minimum absolute atomic E-state index is 0.497. The number of hydrogen-bond acceptors (Lipinski definition) is 1. The number of nitrogens with zero attached hydrogens (tertiary/aromatic N) is 9. The molecule has 0 fully saturated rings. The average molecular weight is 920 g/mol. The Morgan fingerprint density at radius 3 is 1.58 bits per heavy atom. The Morgan fingerprint density at radius 2 is 0.942 bits per heavy atom. The van der Waals surface area contributed by atoms with Gasteiger partial charge in [0.15, 0.2) is 0 Å². The number of fused-ring (bicyclic) bond motifs is 12. The van der Waals surface area contributed by atoms with Crippen molar-refractivity contribution in [3.63, 3.8) is 0 Å². The van der Waals surface area contributed by atoms with Crippen molar-refractivity contribution >= 4 is 71.7 Å². The minimum Gasteiger partial charge on any atom is -0.346 e. The smallest absolute Gasteiger partial charge is 0.215 e. The van der Waals surface area contributed by atoms with Crippen LogP contribution in [0.15, 0.2) is 109 Å². The Labute approximate surface area is 407 Å². The summed E-state index contributed by atoms with van der Waals surface area (Å²) in [6.45, 7) is 26.9. The van der Waals surface area contributed by atoms with Crippen LogP contribution in [0.2, 0.25) is 0 Å². The standard InChI is InChI=1S/C16H20N2.2C15H18N2.C14H17N3/c1-10(2)14-11(3)17(4)15-12-8-6-7-9-13(12)18(5)16(14)15;1-10(2)14-11(3)16(4)15-13-8-6-5-7-12(13)9-17(14)15;1-10(2)15-11(3)16(4)14-9-12-7-5-6-8-13(12)17(14)15;1-9(2)13-10(3)16(4)14-15-11-7-5-6-8-12(11)17(13)14/h6-10H,1-5H3;2*5-10H,1-4H3;5-9H,1-4H3. The van der Waals surface area contributed by atoms with Crippen molar-refractivity contribution in [2.24, 2.45) is 35.2 Å². The number of para-hydroxylation sites is 4. The predicted octanol–water partition coefficient (Wildman–Crippen LogP) is 15.1. The lowest BCUT2D eigenvalue weighted by Crippen LogP contribution is -1.97. The molecule has 0 spiro atoms. The Hall–Kier alpha value is -6.87. The third-order valence-corrected chi connectivity index (χ3v) is 15.0. The van der Waals surface area contributed by atoms with Crippen LogP contribution in [0.3, 0.4) is 0 Å². The number of rotatable bonds is 4. The lowest BCUT2D eigenvalue weighted by molar-refractivity contribution is 0.792. The molecule has 0 unspecified atom stereocenters. The Morgan fingerprint density at radius 1 is 0.420 bits per heavy atom. The van der Waals surface area contributed by atoms with Gasteiger partial charge in [0.2, 0.25) is 5.78 Å². The summed E-state index contributed by atoms with van der Waals surface area (Å²) in [5.74, 6) is 3.16. The summed E-state index contributed by atoms with van der Waals surface area (Å²) >= 11 is 0. The highest BCUT2D eigenvalue weighted by Gasteiger charge is 2.22. The fourth-order valence-electron chi connectivity index (χ4n) is 11.6. The summed E-state index contributed by atoms with van der Waals surface area (Å²) in [5.41, 5.74) is 21.3. The molecular weight excluding hydrogens is 847 g/mol. The van der Waals surface area contributed by atoms with Crippen LogP contribution in [-0.2, 0) is 35.2 Å². The van der Waals surface area contributed by atoms with E-state index < -0.39 is 0 Å². The SMILES string of the molecule is Cc1c(C(C)C)c2c(c3ccccc3n2C)n1C.Cc1c(C(C)C)n2c3ccccc3cc2n1C.Cc1c(C(C)C)n2c3ccccc3nc2n1C.Cc1c(C(C)C)n2cc3ccccc3c2n1C. The average Bonchev–Trinajstić information content (AvgIpc) is 4.20. The first kappa shape index (κ1) is 47.2. The lowest BCUT2D eigenvalue weighted by Gasteiger charge is -2.08. The third-order valence-electron chi connectivity index (χ3n) is 15.0. The van der Waals surface area contributed by atoms with Crippen LogP contribution in [0.1, 0.15) is 124 Å². The first-order chi connectivity index (χ1) is 32.9. The third kappa shape index (κ3) is 7.47. The van der Waals surface area contributed by atoms with Gasteiger partial charge in [-0.2, -0.15) is 0 Å². The second-order valence-corrected chi connectivity index (χ2v) is 20.6. The van der Waals surface area contributed by atoms with Gasteiger partial charge in [0, 0.05) is 103 Å². The molecule has 0 aliphatic heterocycles. The summed E-state index contributed by atoms with van der Waals surface area (Å²) in [4.78, 5) is 4.70. The van der Waals surface area contributed by atoms with Gasteiger partial charge in [-0.15, -0.1) is 0 Å². The summed E-state index contributed by atoms with van der Waals surface area (Å²) in [6, 6.07) is 36.5. The first-order valence-corrected chi connectivity index (χ1v) is 24.9. The monoisotopic (exact) mass is 920 g/mol. The van der Waals surface area contributed by atoms with E-state index in [1.165, 1.54) is 106 Å². The van der Waals surface area contributed by atoms with Crippen LogP contribution < -0.4 is 0 Å². The number of hydrogen-bond donors (Lipinski definition) is 0. The van der Waals surface area contributed by atoms with E-state index in [9.17, 15) is 0 Å².